The molecule has 0 aromatic heterocycles. The van der Waals surface area contributed by atoms with E-state index in [1.54, 1.807) is 12.1 Å². The van der Waals surface area contributed by atoms with Crippen LogP contribution in [0.1, 0.15) is 102 Å². The lowest BCUT2D eigenvalue weighted by Gasteiger charge is -2.30. The van der Waals surface area contributed by atoms with Crippen LogP contribution in [0.25, 0.3) is 0 Å². The topological polar surface area (TPSA) is 290 Å². The van der Waals surface area contributed by atoms with Crippen molar-refractivity contribution < 1.29 is 70.8 Å². The summed E-state index contributed by atoms with van der Waals surface area (Å²) in [6.07, 6.45) is 25.8. The number of allylic oxidation sites excluding steroid dienone is 12. The van der Waals surface area contributed by atoms with E-state index in [4.69, 9.17) is 0 Å². The third-order valence-electron chi connectivity index (χ3n) is 13.9. The van der Waals surface area contributed by atoms with E-state index in [0.29, 0.717) is 79.1 Å². The molecule has 2 unspecified atom stereocenters. The van der Waals surface area contributed by atoms with Crippen molar-refractivity contribution in [2.45, 2.75) is 112 Å². The fourth-order valence-electron chi connectivity index (χ4n) is 10.1. The summed E-state index contributed by atoms with van der Waals surface area (Å²) in [6.45, 7) is 4.70. The molecule has 0 radical (unpaired) electrons. The number of amides is 3. The van der Waals surface area contributed by atoms with E-state index < -0.39 is 74.6 Å². The van der Waals surface area contributed by atoms with Crippen molar-refractivity contribution in [3.63, 3.8) is 0 Å². The number of rotatable bonds is 27. The molecule has 0 fully saturated rings. The number of fused-ring (bicyclic) bond motifs is 2. The van der Waals surface area contributed by atoms with Crippen LogP contribution in [0.5, 0.6) is 0 Å². The maximum absolute atomic E-state index is 12.7. The number of imide groups is 1. The van der Waals surface area contributed by atoms with Crippen LogP contribution in [0, 0.1) is 0 Å². The van der Waals surface area contributed by atoms with E-state index in [1.165, 1.54) is 36.4 Å². The number of anilines is 1. The van der Waals surface area contributed by atoms with Gasteiger partial charge in [0.1, 0.15) is 6.54 Å². The lowest BCUT2D eigenvalue weighted by atomic mass is 9.75. The van der Waals surface area contributed by atoms with Crippen molar-refractivity contribution in [3.8, 4) is 0 Å². The average Bonchev–Trinajstić information content (AvgIpc) is 3.84. The van der Waals surface area contributed by atoms with E-state index in [-0.39, 0.29) is 73.7 Å². The second kappa shape index (κ2) is 24.6. The molecule has 0 saturated heterocycles. The quantitative estimate of drug-likeness (QED) is 0.0264. The summed E-state index contributed by atoms with van der Waals surface area (Å²) in [7, 11) is -18.0. The molecule has 2 aromatic rings. The van der Waals surface area contributed by atoms with E-state index in [0.717, 1.165) is 10.5 Å². The maximum Gasteiger partial charge on any atom is 0.294 e. The van der Waals surface area contributed by atoms with Crippen LogP contribution < -0.4 is 10.2 Å². The highest BCUT2D eigenvalue weighted by atomic mass is 32.2. The highest BCUT2D eigenvalue weighted by Crippen LogP contribution is 2.52. The fourth-order valence-corrected chi connectivity index (χ4v) is 12.3. The molecule has 0 bridgehead atoms. The van der Waals surface area contributed by atoms with Crippen LogP contribution in [0.4, 0.5) is 11.4 Å². The number of hydrogen-bond acceptors (Lipinski definition) is 12. The number of unbranched alkanes of at least 4 members (excludes halogenated alkanes) is 4. The minimum absolute atomic E-state index is 0.0319. The molecular weight excluding hydrogens is 1050 g/mol. The summed E-state index contributed by atoms with van der Waals surface area (Å²) >= 11 is 0. The normalized spacial score (nSPS) is 21.3. The van der Waals surface area contributed by atoms with Crippen LogP contribution in [0.15, 0.2) is 130 Å². The Bertz CT molecular complexity index is 3250. The Morgan fingerprint density at radius 1 is 0.653 bits per heavy atom. The van der Waals surface area contributed by atoms with Gasteiger partial charge >= 0.3 is 0 Å². The minimum atomic E-state index is -4.69. The molecule has 2 aromatic carbocycles. The third-order valence-corrected chi connectivity index (χ3v) is 17.2. The first-order valence-corrected chi connectivity index (χ1v) is 30.8. The summed E-state index contributed by atoms with van der Waals surface area (Å²) in [5, 5.41) is 2.74. The Balaban J connectivity index is 1.39. The molecule has 75 heavy (non-hydrogen) atoms. The molecule has 5 N–H and O–H groups in total. The maximum atomic E-state index is 12.7. The number of nitrogens with zero attached hydrogens (tertiary/aromatic N) is 3. The van der Waals surface area contributed by atoms with Crippen LogP contribution >= 0.6 is 0 Å². The van der Waals surface area contributed by atoms with Crippen LogP contribution in [-0.2, 0) is 65.7 Å². The van der Waals surface area contributed by atoms with Crippen LogP contribution in [-0.4, -0.2) is 122 Å². The standard InChI is InChI=1S/C52H64N4O15S4/c1-51(29-10-13-35-72(60,61)62)42-37-40(74(66,67)68)23-25-44(42)54(32-12-6-9-22-48(57)53-31-34-56-49(58)27-28-50(56)59)46(51)20-15-21-47-52(2,30-11-14-36-73(63,64)65)43-38-41(75(69,70)71)24-26-45(43)55(47)33-16-19-39-17-7-4-3-5-8-18-39/h3-5,7-8,15,17-18,20-21,23-28,37-38H,6,9-14,16,19,22,29-36H2,1-2H3,(H4-,53,57,60,61,62,63,64,65,66,67,68,69,70,71)/p+1/b4-3-,5-3?,7-4?,8-5-,17-7?,18-8?,39-17?,39-18?. The highest BCUT2D eigenvalue weighted by Gasteiger charge is 2.48. The highest BCUT2D eigenvalue weighted by molar-refractivity contribution is 7.86. The molecule has 6 rings (SSSR count). The molecule has 3 heterocycles. The Hall–Kier alpha value is -5.66. The smallest absolute Gasteiger partial charge is 0.294 e. The average molecular weight is 1110 g/mol. The molecular formula is C52H65N4O15S4+. The van der Waals surface area contributed by atoms with Gasteiger partial charge in [0.25, 0.3) is 52.3 Å². The van der Waals surface area contributed by atoms with Gasteiger partial charge in [-0.15, -0.1) is 0 Å². The SMILES string of the molecule is CC1(CCCCS(=O)(=O)O)C(/C=C/C=C2/N(CCCCCC(=O)NCCN3C(=O)C=CC3=O)c3ccc(S(=O)(=O)O)cc3C2(C)CCCCS(=O)(=O)O)=[N+](CCCC2=C/C=C\C=C/C=C2)c2ccc(S(=O)(=O)O)cc21. The first-order valence-electron chi connectivity index (χ1n) is 24.7. The van der Waals surface area contributed by atoms with E-state index >= 15 is 0 Å². The van der Waals surface area contributed by atoms with Crippen molar-refractivity contribution in [2.75, 3.05) is 42.6 Å². The molecule has 3 aliphatic heterocycles. The van der Waals surface area contributed by atoms with Gasteiger partial charge in [0, 0.05) is 79.1 Å². The van der Waals surface area contributed by atoms with Gasteiger partial charge in [-0.3, -0.25) is 37.5 Å². The predicted molar refractivity (Wildman–Crippen MR) is 284 cm³/mol. The molecule has 4 aliphatic rings. The molecule has 406 valence electrons. The fraction of sp³-hybridized carbons (Fsp3) is 0.423. The number of hydrogen-bond donors (Lipinski definition) is 5. The predicted octanol–water partition coefficient (Wildman–Crippen LogP) is 6.86. The van der Waals surface area contributed by atoms with Crippen molar-refractivity contribution >= 4 is 75.3 Å². The largest absolute Gasteiger partial charge is 0.354 e. The zero-order chi connectivity index (χ0) is 54.8. The lowest BCUT2D eigenvalue weighted by Crippen LogP contribution is -2.38. The summed E-state index contributed by atoms with van der Waals surface area (Å²) in [4.78, 5) is 38.9. The summed E-state index contributed by atoms with van der Waals surface area (Å²) < 4.78 is 139. The first kappa shape index (κ1) is 58.6. The number of carbonyl (C=O) groups excluding carboxylic acids is 3. The summed E-state index contributed by atoms with van der Waals surface area (Å²) in [6, 6.07) is 8.63. The van der Waals surface area contributed by atoms with E-state index in [1.807, 2.05) is 79.5 Å². The monoisotopic (exact) mass is 1110 g/mol. The van der Waals surface area contributed by atoms with E-state index in [2.05, 4.69) is 9.89 Å². The second-order valence-corrected chi connectivity index (χ2v) is 25.3. The van der Waals surface area contributed by atoms with Gasteiger partial charge in [-0.1, -0.05) is 67.9 Å². The van der Waals surface area contributed by atoms with Gasteiger partial charge in [-0.2, -0.15) is 38.2 Å². The van der Waals surface area contributed by atoms with Gasteiger partial charge in [0.05, 0.1) is 26.7 Å². The van der Waals surface area contributed by atoms with Crippen molar-refractivity contribution in [3.05, 3.63) is 132 Å². The van der Waals surface area contributed by atoms with Gasteiger partial charge in [0.2, 0.25) is 11.6 Å². The Morgan fingerprint density at radius 2 is 1.25 bits per heavy atom. The van der Waals surface area contributed by atoms with Gasteiger partial charge in [-0.05, 0) is 106 Å². The minimum Gasteiger partial charge on any atom is -0.354 e. The Kier molecular flexibility index (Phi) is 19.2. The molecule has 2 atom stereocenters. The first-order chi connectivity index (χ1) is 35.2. The zero-order valence-corrected chi connectivity index (χ0v) is 45.1. The third kappa shape index (κ3) is 15.5. The number of nitrogens with one attached hydrogen (secondary N) is 1. The van der Waals surface area contributed by atoms with Crippen molar-refractivity contribution in [1.82, 2.24) is 10.2 Å². The van der Waals surface area contributed by atoms with Gasteiger partial charge in [0.15, 0.2) is 5.71 Å². The van der Waals surface area contributed by atoms with Crippen LogP contribution in [0.2, 0.25) is 0 Å². The van der Waals surface area contributed by atoms with Crippen molar-refractivity contribution in [2.24, 2.45) is 0 Å². The lowest BCUT2D eigenvalue weighted by molar-refractivity contribution is -0.438. The molecule has 0 saturated carbocycles. The molecule has 1 aliphatic carbocycles. The molecule has 19 nitrogen and oxygen atoms in total. The van der Waals surface area contributed by atoms with Crippen molar-refractivity contribution in [1.29, 1.82) is 0 Å². The zero-order valence-electron chi connectivity index (χ0n) is 41.9. The van der Waals surface area contributed by atoms with Crippen LogP contribution in [0.3, 0.4) is 0 Å². The Morgan fingerprint density at radius 3 is 1.89 bits per heavy atom. The Labute approximate surface area is 439 Å². The summed E-state index contributed by atoms with van der Waals surface area (Å²) in [5.41, 5.74) is 2.79. The molecule has 3 amide bonds. The molecule has 23 heteroatoms. The summed E-state index contributed by atoms with van der Waals surface area (Å²) in [5.74, 6) is -2.17. The van der Waals surface area contributed by atoms with E-state index in [9.17, 15) is 66.3 Å². The number of benzene rings is 2. The second-order valence-electron chi connectivity index (χ2n) is 19.4. The van der Waals surface area contributed by atoms with Gasteiger partial charge < -0.3 is 10.2 Å². The van der Waals surface area contributed by atoms with Gasteiger partial charge in [-0.25, -0.2) is 0 Å². The number of carbonyl (C=O) groups is 3. The molecule has 0 spiro atoms.